The maximum Gasteiger partial charge on any atom is 0.229 e. The zero-order valence-electron chi connectivity index (χ0n) is 9.84. The average Bonchev–Trinajstić information content (AvgIpc) is 2.72. The molecule has 1 aromatic carbocycles. The van der Waals surface area contributed by atoms with Crippen LogP contribution in [0.15, 0.2) is 12.1 Å². The quantitative estimate of drug-likeness (QED) is 0.733. The Morgan fingerprint density at radius 2 is 2.00 bits per heavy atom. The predicted molar refractivity (Wildman–Crippen MR) is 72.3 cm³/mol. The molecule has 0 saturated carbocycles. The number of rotatable bonds is 2. The second-order valence-electron chi connectivity index (χ2n) is 4.52. The van der Waals surface area contributed by atoms with Crippen molar-refractivity contribution in [3.63, 3.8) is 0 Å². The monoisotopic (exact) mass is 288 g/mol. The van der Waals surface area contributed by atoms with E-state index in [2.05, 4.69) is 10.6 Å². The summed E-state index contributed by atoms with van der Waals surface area (Å²) in [4.78, 5) is 12.0. The molecular weight excluding hydrogens is 275 g/mol. The maximum absolute atomic E-state index is 12.0. The summed E-state index contributed by atoms with van der Waals surface area (Å²) in [5.41, 5.74) is 0.493. The van der Waals surface area contributed by atoms with Crippen LogP contribution in [0.4, 0.5) is 5.69 Å². The van der Waals surface area contributed by atoms with Crippen molar-refractivity contribution in [3.8, 4) is 5.75 Å². The van der Waals surface area contributed by atoms with Gasteiger partial charge in [0.05, 0.1) is 16.0 Å². The summed E-state index contributed by atoms with van der Waals surface area (Å²) in [6, 6.07) is 2.96. The zero-order valence-corrected chi connectivity index (χ0v) is 11.3. The molecule has 6 heteroatoms. The van der Waals surface area contributed by atoms with Gasteiger partial charge in [0.25, 0.3) is 0 Å². The lowest BCUT2D eigenvalue weighted by Gasteiger charge is -2.14. The molecule has 0 aliphatic carbocycles. The fourth-order valence-corrected chi connectivity index (χ4v) is 2.52. The van der Waals surface area contributed by atoms with Crippen molar-refractivity contribution < 1.29 is 9.90 Å². The first kappa shape index (κ1) is 13.5. The first-order valence-electron chi connectivity index (χ1n) is 5.68. The van der Waals surface area contributed by atoms with Crippen molar-refractivity contribution in [2.75, 3.05) is 18.4 Å². The zero-order chi connectivity index (χ0) is 13.3. The van der Waals surface area contributed by atoms with Gasteiger partial charge < -0.3 is 15.7 Å². The number of amides is 1. The number of hydrogen-bond donors (Lipinski definition) is 3. The van der Waals surface area contributed by atoms with Gasteiger partial charge in [-0.2, -0.15) is 0 Å². The second-order valence-corrected chi connectivity index (χ2v) is 5.33. The molecular formula is C12H14Cl2N2O2. The molecule has 0 spiro atoms. The molecule has 2 rings (SSSR count). The summed E-state index contributed by atoms with van der Waals surface area (Å²) in [7, 11) is 0. The number of nitrogens with one attached hydrogen (secondary N) is 2. The van der Waals surface area contributed by atoms with Crippen LogP contribution in [0, 0.1) is 11.8 Å². The molecule has 0 aromatic heterocycles. The van der Waals surface area contributed by atoms with E-state index in [1.165, 1.54) is 12.1 Å². The molecule has 2 atom stereocenters. The van der Waals surface area contributed by atoms with Crippen LogP contribution in [0.25, 0.3) is 0 Å². The number of halogens is 2. The summed E-state index contributed by atoms with van der Waals surface area (Å²) < 4.78 is 0. The predicted octanol–water partition coefficient (Wildman–Crippen LogP) is 2.49. The van der Waals surface area contributed by atoms with Crippen LogP contribution in [-0.4, -0.2) is 24.1 Å². The van der Waals surface area contributed by atoms with Crippen molar-refractivity contribution in [2.45, 2.75) is 6.92 Å². The lowest BCUT2D eigenvalue weighted by atomic mass is 9.97. The van der Waals surface area contributed by atoms with Crippen molar-refractivity contribution >= 4 is 34.8 Å². The third kappa shape index (κ3) is 2.71. The summed E-state index contributed by atoms with van der Waals surface area (Å²) >= 11 is 11.6. The molecule has 0 unspecified atom stereocenters. The Morgan fingerprint density at radius 1 is 1.39 bits per heavy atom. The van der Waals surface area contributed by atoms with Gasteiger partial charge in [-0.15, -0.1) is 0 Å². The molecule has 98 valence electrons. The van der Waals surface area contributed by atoms with Crippen LogP contribution in [0.3, 0.4) is 0 Å². The van der Waals surface area contributed by atoms with E-state index in [9.17, 15) is 9.90 Å². The molecule has 3 N–H and O–H groups in total. The van der Waals surface area contributed by atoms with Gasteiger partial charge in [0.1, 0.15) is 0 Å². The Morgan fingerprint density at radius 3 is 2.50 bits per heavy atom. The van der Waals surface area contributed by atoms with Gasteiger partial charge in [-0.1, -0.05) is 30.1 Å². The number of hydrogen-bond acceptors (Lipinski definition) is 3. The first-order chi connectivity index (χ1) is 8.49. The van der Waals surface area contributed by atoms with E-state index < -0.39 is 0 Å². The topological polar surface area (TPSA) is 61.4 Å². The average molecular weight is 289 g/mol. The normalized spacial score (nSPS) is 23.1. The minimum Gasteiger partial charge on any atom is -0.505 e. The Kier molecular flexibility index (Phi) is 4.00. The molecule has 1 aliphatic rings. The van der Waals surface area contributed by atoms with E-state index in [0.717, 1.165) is 6.54 Å². The molecule has 1 saturated heterocycles. The number of carbonyl (C=O) groups excluding carboxylic acids is 1. The van der Waals surface area contributed by atoms with Crippen LogP contribution >= 0.6 is 23.2 Å². The fraction of sp³-hybridized carbons (Fsp3) is 0.417. The Balaban J connectivity index is 2.12. The van der Waals surface area contributed by atoms with Crippen LogP contribution in [0.5, 0.6) is 5.75 Å². The molecule has 1 amide bonds. The highest BCUT2D eigenvalue weighted by atomic mass is 35.5. The number of phenolic OH excluding ortho intramolecular Hbond substituents is 1. The summed E-state index contributed by atoms with van der Waals surface area (Å²) in [6.45, 7) is 3.54. The number of carbonyl (C=O) groups is 1. The molecule has 4 nitrogen and oxygen atoms in total. The highest BCUT2D eigenvalue weighted by Crippen LogP contribution is 2.34. The Bertz CT molecular complexity index is 456. The van der Waals surface area contributed by atoms with Gasteiger partial charge in [0.2, 0.25) is 5.91 Å². The van der Waals surface area contributed by atoms with Crippen molar-refractivity contribution in [1.82, 2.24) is 5.32 Å². The summed E-state index contributed by atoms with van der Waals surface area (Å²) in [6.07, 6.45) is 0. The number of phenols is 1. The third-order valence-corrected chi connectivity index (χ3v) is 3.71. The van der Waals surface area contributed by atoms with Crippen LogP contribution in [0.2, 0.25) is 10.0 Å². The largest absolute Gasteiger partial charge is 0.505 e. The Labute approximate surface area is 115 Å². The van der Waals surface area contributed by atoms with Gasteiger partial charge in [0, 0.05) is 12.2 Å². The van der Waals surface area contributed by atoms with Gasteiger partial charge in [0.15, 0.2) is 5.75 Å². The maximum atomic E-state index is 12.0. The highest BCUT2D eigenvalue weighted by Gasteiger charge is 2.29. The van der Waals surface area contributed by atoms with E-state index in [1.807, 2.05) is 6.92 Å². The van der Waals surface area contributed by atoms with Crippen molar-refractivity contribution in [1.29, 1.82) is 0 Å². The summed E-state index contributed by atoms with van der Waals surface area (Å²) in [5, 5.41) is 15.6. The molecule has 1 fully saturated rings. The minimum atomic E-state index is -0.174. The summed E-state index contributed by atoms with van der Waals surface area (Å²) in [5.74, 6) is 0.00182. The third-order valence-electron chi connectivity index (χ3n) is 3.14. The van der Waals surface area contributed by atoms with Crippen LogP contribution < -0.4 is 10.6 Å². The van der Waals surface area contributed by atoms with Crippen molar-refractivity contribution in [3.05, 3.63) is 22.2 Å². The van der Waals surface area contributed by atoms with Crippen molar-refractivity contribution in [2.24, 2.45) is 11.8 Å². The number of benzene rings is 1. The van der Waals surface area contributed by atoms with Gasteiger partial charge in [-0.25, -0.2) is 0 Å². The lowest BCUT2D eigenvalue weighted by Crippen LogP contribution is -2.27. The van der Waals surface area contributed by atoms with E-state index in [0.29, 0.717) is 18.2 Å². The Hall–Kier alpha value is -0.970. The second kappa shape index (κ2) is 5.34. The smallest absolute Gasteiger partial charge is 0.229 e. The first-order valence-corrected chi connectivity index (χ1v) is 6.44. The lowest BCUT2D eigenvalue weighted by molar-refractivity contribution is -0.120. The molecule has 1 aliphatic heterocycles. The van der Waals surface area contributed by atoms with Crippen LogP contribution in [-0.2, 0) is 4.79 Å². The van der Waals surface area contributed by atoms with E-state index in [1.54, 1.807) is 0 Å². The van der Waals surface area contributed by atoms with Gasteiger partial charge in [-0.3, -0.25) is 4.79 Å². The molecule has 1 heterocycles. The molecule has 0 radical (unpaired) electrons. The van der Waals surface area contributed by atoms with Gasteiger partial charge in [-0.05, 0) is 24.6 Å². The molecule has 0 bridgehead atoms. The van der Waals surface area contributed by atoms with E-state index in [-0.39, 0.29) is 27.6 Å². The number of anilines is 1. The van der Waals surface area contributed by atoms with E-state index >= 15 is 0 Å². The minimum absolute atomic E-state index is 0.0589. The molecule has 1 aromatic rings. The molecule has 18 heavy (non-hydrogen) atoms. The standard InChI is InChI=1S/C12H14Cl2N2O2/c1-6-4-15-5-8(6)12(18)16-7-2-9(13)11(17)10(14)3-7/h2-3,6,8,15,17H,4-5H2,1H3,(H,16,18)/t6-,8-/m1/s1. The van der Waals surface area contributed by atoms with E-state index in [4.69, 9.17) is 23.2 Å². The SMILES string of the molecule is C[C@@H]1CNC[C@H]1C(=O)Nc1cc(Cl)c(O)c(Cl)c1. The number of aromatic hydroxyl groups is 1. The fourth-order valence-electron chi connectivity index (χ4n) is 2.03. The highest BCUT2D eigenvalue weighted by molar-refractivity contribution is 6.37. The van der Waals surface area contributed by atoms with Crippen LogP contribution in [0.1, 0.15) is 6.92 Å². The van der Waals surface area contributed by atoms with Gasteiger partial charge >= 0.3 is 0 Å².